The van der Waals surface area contributed by atoms with E-state index >= 15 is 0 Å². The third-order valence-electron chi connectivity index (χ3n) is 5.51. The Morgan fingerprint density at radius 2 is 1.17 bits per heavy atom. The molecule has 1 atom stereocenters. The van der Waals surface area contributed by atoms with Gasteiger partial charge in [-0.15, -0.1) is 0 Å². The van der Waals surface area contributed by atoms with Gasteiger partial charge in [-0.3, -0.25) is 4.79 Å². The van der Waals surface area contributed by atoms with Crippen molar-refractivity contribution in [3.05, 3.63) is 144 Å². The fraction of sp³-hybridized carbons (Fsp3) is 0.121. The molecule has 2 nitrogen and oxygen atoms in total. The minimum atomic E-state index is -1.12. The summed E-state index contributed by atoms with van der Waals surface area (Å²) in [6, 6.07) is 39.0. The third kappa shape index (κ3) is 6.97. The first-order valence-corrected chi connectivity index (χ1v) is 11.7. The molecule has 170 valence electrons. The number of hydrogen-bond donors (Lipinski definition) is 0. The molecule has 0 amide bonds. The van der Waals surface area contributed by atoms with Crippen LogP contribution in [0.3, 0.4) is 0 Å². The Morgan fingerprint density at radius 3 is 1.77 bits per heavy atom. The maximum absolute atomic E-state index is 13.1. The number of carbonyl (C=O) groups is 1. The maximum atomic E-state index is 13.1. The second-order valence-corrected chi connectivity index (χ2v) is 8.11. The Bertz CT molecular complexity index is 1340. The van der Waals surface area contributed by atoms with Gasteiger partial charge in [0.05, 0.1) is 6.42 Å². The highest BCUT2D eigenvalue weighted by atomic mass is 16.6. The number of esters is 1. The first kappa shape index (κ1) is 23.6. The molecule has 0 aliphatic heterocycles. The van der Waals surface area contributed by atoms with E-state index in [1.807, 2.05) is 121 Å². The van der Waals surface area contributed by atoms with Crippen LogP contribution in [0.1, 0.15) is 35.1 Å². The van der Waals surface area contributed by atoms with Crippen LogP contribution in [0.25, 0.3) is 0 Å². The van der Waals surface area contributed by atoms with Gasteiger partial charge in [0, 0.05) is 29.5 Å². The molecule has 0 spiro atoms. The van der Waals surface area contributed by atoms with Gasteiger partial charge in [-0.1, -0.05) is 115 Å². The van der Waals surface area contributed by atoms with Crippen LogP contribution in [0.5, 0.6) is 0 Å². The van der Waals surface area contributed by atoms with Crippen molar-refractivity contribution in [3.63, 3.8) is 0 Å². The summed E-state index contributed by atoms with van der Waals surface area (Å²) in [5.74, 6) is 12.7. The quantitative estimate of drug-likeness (QED) is 0.244. The van der Waals surface area contributed by atoms with Crippen molar-refractivity contribution in [2.45, 2.75) is 24.9 Å². The highest BCUT2D eigenvalue weighted by Crippen LogP contribution is 2.31. The summed E-state index contributed by atoms with van der Waals surface area (Å²) in [7, 11) is 0. The SMILES string of the molecule is O=C(Cc1ccccc1)OC(C#Cc1ccccc1)(CCC#Cc1ccccc1)c1ccccc1. The smallest absolute Gasteiger partial charge is 0.312 e. The number of rotatable bonds is 6. The zero-order chi connectivity index (χ0) is 24.2. The van der Waals surface area contributed by atoms with Gasteiger partial charge in [-0.25, -0.2) is 0 Å². The molecule has 35 heavy (non-hydrogen) atoms. The van der Waals surface area contributed by atoms with Crippen molar-refractivity contribution in [2.24, 2.45) is 0 Å². The fourth-order valence-corrected chi connectivity index (χ4v) is 3.73. The summed E-state index contributed by atoms with van der Waals surface area (Å²) in [5.41, 5.74) is 2.44. The Morgan fingerprint density at radius 1 is 0.657 bits per heavy atom. The number of ether oxygens (including phenoxy) is 1. The highest BCUT2D eigenvalue weighted by Gasteiger charge is 2.34. The summed E-state index contributed by atoms with van der Waals surface area (Å²) in [6.45, 7) is 0. The second-order valence-electron chi connectivity index (χ2n) is 8.11. The van der Waals surface area contributed by atoms with E-state index in [-0.39, 0.29) is 12.4 Å². The van der Waals surface area contributed by atoms with Gasteiger partial charge >= 0.3 is 5.97 Å². The molecule has 0 N–H and O–H groups in total. The monoisotopic (exact) mass is 454 g/mol. The van der Waals surface area contributed by atoms with Crippen LogP contribution in [0.2, 0.25) is 0 Å². The number of carbonyl (C=O) groups excluding carboxylic acids is 1. The third-order valence-corrected chi connectivity index (χ3v) is 5.51. The Labute approximate surface area is 207 Å². The molecule has 0 fully saturated rings. The molecule has 4 rings (SSSR count). The molecule has 0 aliphatic carbocycles. The molecular formula is C33H26O2. The summed E-state index contributed by atoms with van der Waals surface area (Å²) < 4.78 is 6.22. The van der Waals surface area contributed by atoms with E-state index in [9.17, 15) is 4.79 Å². The van der Waals surface area contributed by atoms with E-state index in [1.54, 1.807) is 0 Å². The van der Waals surface area contributed by atoms with Crippen LogP contribution < -0.4 is 0 Å². The standard InChI is InChI=1S/C33H26O2/c34-32(27-30-20-9-3-10-21-30)35-33(31-22-11-4-12-23-31,26-24-29-17-7-2-8-18-29)25-14-13-19-28-15-5-1-6-16-28/h1-12,15-18,20-23H,14,25,27H2. The van der Waals surface area contributed by atoms with Gasteiger partial charge in [-0.2, -0.15) is 0 Å². The number of benzene rings is 4. The van der Waals surface area contributed by atoms with Gasteiger partial charge in [0.1, 0.15) is 0 Å². The van der Waals surface area contributed by atoms with E-state index < -0.39 is 5.60 Å². The molecule has 0 saturated carbocycles. The fourth-order valence-electron chi connectivity index (χ4n) is 3.73. The predicted molar refractivity (Wildman–Crippen MR) is 140 cm³/mol. The van der Waals surface area contributed by atoms with Gasteiger partial charge < -0.3 is 4.74 Å². The van der Waals surface area contributed by atoms with Crippen molar-refractivity contribution >= 4 is 5.97 Å². The molecule has 2 heteroatoms. The molecule has 0 radical (unpaired) electrons. The lowest BCUT2D eigenvalue weighted by molar-refractivity contribution is -0.155. The predicted octanol–water partition coefficient (Wildman–Crippen LogP) is 6.55. The zero-order valence-electron chi connectivity index (χ0n) is 19.5. The molecule has 4 aromatic carbocycles. The van der Waals surface area contributed by atoms with Crippen molar-refractivity contribution in [1.29, 1.82) is 0 Å². The lowest BCUT2D eigenvalue weighted by Crippen LogP contribution is -2.32. The highest BCUT2D eigenvalue weighted by molar-refractivity contribution is 5.73. The average Bonchev–Trinajstić information content (AvgIpc) is 2.92. The van der Waals surface area contributed by atoms with Crippen molar-refractivity contribution in [1.82, 2.24) is 0 Å². The molecule has 0 saturated heterocycles. The van der Waals surface area contributed by atoms with Crippen molar-refractivity contribution in [2.75, 3.05) is 0 Å². The van der Waals surface area contributed by atoms with Crippen molar-refractivity contribution < 1.29 is 9.53 Å². The van der Waals surface area contributed by atoms with Crippen molar-refractivity contribution in [3.8, 4) is 23.7 Å². The minimum absolute atomic E-state index is 0.179. The normalized spacial score (nSPS) is 11.7. The maximum Gasteiger partial charge on any atom is 0.312 e. The van der Waals surface area contributed by atoms with Crippen LogP contribution in [0, 0.1) is 23.7 Å². The van der Waals surface area contributed by atoms with Gasteiger partial charge in [0.15, 0.2) is 5.60 Å². The summed E-state index contributed by atoms with van der Waals surface area (Å²) in [5, 5.41) is 0. The first-order chi connectivity index (χ1) is 17.2. The lowest BCUT2D eigenvalue weighted by Gasteiger charge is -2.29. The number of hydrogen-bond acceptors (Lipinski definition) is 2. The van der Waals surface area contributed by atoms with E-state index in [2.05, 4.69) is 23.7 Å². The Balaban J connectivity index is 1.67. The Kier molecular flexibility index (Phi) is 8.15. The summed E-state index contributed by atoms with van der Waals surface area (Å²) in [6.07, 6.45) is 1.15. The molecule has 1 unspecified atom stereocenters. The molecule has 0 aliphatic rings. The van der Waals surface area contributed by atoms with E-state index in [1.165, 1.54) is 0 Å². The first-order valence-electron chi connectivity index (χ1n) is 11.7. The molecule has 0 aromatic heterocycles. The largest absolute Gasteiger partial charge is 0.441 e. The summed E-state index contributed by atoms with van der Waals surface area (Å²) in [4.78, 5) is 13.1. The average molecular weight is 455 g/mol. The van der Waals surface area contributed by atoms with E-state index in [0.717, 1.165) is 22.3 Å². The topological polar surface area (TPSA) is 26.3 Å². The molecular weight excluding hydrogens is 428 g/mol. The van der Waals surface area contributed by atoms with Gasteiger partial charge in [0.2, 0.25) is 0 Å². The van der Waals surface area contributed by atoms with Gasteiger partial charge in [0.25, 0.3) is 0 Å². The van der Waals surface area contributed by atoms with Crippen LogP contribution in [0.4, 0.5) is 0 Å². The molecule has 4 aromatic rings. The van der Waals surface area contributed by atoms with Crippen LogP contribution >= 0.6 is 0 Å². The Hall–Kier alpha value is -4.53. The van der Waals surface area contributed by atoms with E-state index in [0.29, 0.717) is 12.8 Å². The van der Waals surface area contributed by atoms with Crippen LogP contribution in [0.15, 0.2) is 121 Å². The molecule has 0 bridgehead atoms. The second kappa shape index (κ2) is 12.1. The van der Waals surface area contributed by atoms with Gasteiger partial charge in [-0.05, 0) is 35.7 Å². The van der Waals surface area contributed by atoms with E-state index in [4.69, 9.17) is 4.74 Å². The molecule has 0 heterocycles. The summed E-state index contributed by atoms with van der Waals surface area (Å²) >= 11 is 0. The zero-order valence-corrected chi connectivity index (χ0v) is 19.5. The van der Waals surface area contributed by atoms with Crippen LogP contribution in [-0.4, -0.2) is 5.97 Å². The van der Waals surface area contributed by atoms with Crippen LogP contribution in [-0.2, 0) is 21.6 Å². The lowest BCUT2D eigenvalue weighted by atomic mass is 9.88. The minimum Gasteiger partial charge on any atom is -0.441 e.